The van der Waals surface area contributed by atoms with Crippen LogP contribution in [0.4, 0.5) is 34.1 Å². The quantitative estimate of drug-likeness (QED) is 0.126. The van der Waals surface area contributed by atoms with E-state index in [2.05, 4.69) is 315 Å². The van der Waals surface area contributed by atoms with Gasteiger partial charge in [-0.15, -0.1) is 11.3 Å². The molecule has 0 bridgehead atoms. The Morgan fingerprint density at radius 2 is 0.568 bits per heavy atom. The fraction of sp³-hybridized carbons (Fsp3) is 0.0256. The molecule has 15 aromatic rings. The van der Waals surface area contributed by atoms with Crippen molar-refractivity contribution in [3.8, 4) is 44.5 Å². The zero-order valence-electron chi connectivity index (χ0n) is 45.0. The molecule has 0 spiro atoms. The second-order valence-corrected chi connectivity index (χ2v) is 22.4. The van der Waals surface area contributed by atoms with E-state index >= 15 is 0 Å². The third-order valence-electron chi connectivity index (χ3n) is 16.5. The molecule has 0 saturated carbocycles. The van der Waals surface area contributed by atoms with Crippen LogP contribution in [0, 0.1) is 13.8 Å². The Bertz CT molecular complexity index is 4810. The van der Waals surface area contributed by atoms with Crippen LogP contribution in [0.2, 0.25) is 0 Å². The van der Waals surface area contributed by atoms with E-state index in [-0.39, 0.29) is 0 Å². The molecule has 0 atom stereocenters. The lowest BCUT2D eigenvalue weighted by molar-refractivity contribution is 1.26. The van der Waals surface area contributed by atoms with Crippen molar-refractivity contribution in [3.63, 3.8) is 0 Å². The summed E-state index contributed by atoms with van der Waals surface area (Å²) in [5.41, 5.74) is 18.8. The minimum atomic E-state index is 1.09. The van der Waals surface area contributed by atoms with Crippen molar-refractivity contribution in [2.75, 3.05) is 9.80 Å². The van der Waals surface area contributed by atoms with Crippen molar-refractivity contribution >= 4 is 109 Å². The number of hydrogen-bond acceptors (Lipinski definition) is 3. The van der Waals surface area contributed by atoms with Crippen molar-refractivity contribution in [1.82, 2.24) is 0 Å². The zero-order chi connectivity index (χ0) is 54.0. The largest absolute Gasteiger partial charge is 0.310 e. The first-order chi connectivity index (χ1) is 40.0. The summed E-state index contributed by atoms with van der Waals surface area (Å²) in [6.45, 7) is 4.48. The van der Waals surface area contributed by atoms with Gasteiger partial charge in [0, 0.05) is 54.3 Å². The first-order valence-electron chi connectivity index (χ1n) is 27.9. The summed E-state index contributed by atoms with van der Waals surface area (Å²) in [7, 11) is 0. The van der Waals surface area contributed by atoms with Crippen LogP contribution < -0.4 is 9.80 Å². The van der Waals surface area contributed by atoms with Gasteiger partial charge in [-0.05, 0) is 210 Å². The van der Waals surface area contributed by atoms with E-state index in [1.54, 1.807) is 0 Å². The fourth-order valence-corrected chi connectivity index (χ4v) is 13.7. The third kappa shape index (κ3) is 8.50. The summed E-state index contributed by atoms with van der Waals surface area (Å²) in [5, 5.41) is 12.8. The summed E-state index contributed by atoms with van der Waals surface area (Å²) in [5.74, 6) is 0. The van der Waals surface area contributed by atoms with E-state index in [0.717, 1.165) is 34.1 Å². The second-order valence-electron chi connectivity index (χ2n) is 21.3. The Labute approximate surface area is 476 Å². The summed E-state index contributed by atoms with van der Waals surface area (Å²) in [6, 6.07) is 107. The Morgan fingerprint density at radius 3 is 1.10 bits per heavy atom. The number of benzene rings is 14. The number of nitrogens with zero attached hydrogens (tertiary/aromatic N) is 2. The Hall–Kier alpha value is -10.1. The molecule has 0 radical (unpaired) electrons. The second kappa shape index (κ2) is 20.0. The zero-order valence-corrected chi connectivity index (χ0v) is 45.8. The van der Waals surface area contributed by atoms with Crippen LogP contribution in [0.3, 0.4) is 0 Å². The van der Waals surface area contributed by atoms with Crippen LogP contribution in [0.1, 0.15) is 11.1 Å². The van der Waals surface area contributed by atoms with Crippen LogP contribution in [0.25, 0.3) is 108 Å². The molecule has 0 amide bonds. The van der Waals surface area contributed by atoms with Gasteiger partial charge >= 0.3 is 0 Å². The molecule has 81 heavy (non-hydrogen) atoms. The molecule has 382 valence electrons. The molecule has 0 aliphatic carbocycles. The molecule has 14 aromatic carbocycles. The molecule has 0 saturated heterocycles. The standard InChI is InChI=1S/C78H54N2S/c1-51-47-61(79(57-17-5-3-6-18-57)58-19-7-4-8-20-58)39-42-63(51)64-43-40-62(48-52(64)2)80(59-35-29-53(30-36-59)55-33-41-73-71-25-12-11-23-69(71)70-24-13-14-26-72(70)75(73)49-55)60-37-31-54(32-38-60)65-44-45-66(68-22-10-9-21-67(65)68)56-34-46-78-76(50-56)74-27-15-16-28-77(74)81-78/h3-50H,1-2H3. The highest BCUT2D eigenvalue weighted by atomic mass is 32.1. The molecule has 1 aromatic heterocycles. The predicted molar refractivity (Wildman–Crippen MR) is 350 cm³/mol. The van der Waals surface area contributed by atoms with Gasteiger partial charge in [0.25, 0.3) is 0 Å². The maximum Gasteiger partial charge on any atom is 0.0464 e. The number of rotatable bonds is 10. The Balaban J connectivity index is 0.807. The first kappa shape index (κ1) is 48.1. The molecule has 15 rings (SSSR count). The lowest BCUT2D eigenvalue weighted by Crippen LogP contribution is -2.10. The van der Waals surface area contributed by atoms with E-state index in [0.29, 0.717) is 0 Å². The Kier molecular flexibility index (Phi) is 11.9. The predicted octanol–water partition coefficient (Wildman–Crippen LogP) is 22.9. The molecule has 0 aliphatic rings. The SMILES string of the molecule is Cc1cc(N(c2ccccc2)c2ccccc2)ccc1-c1ccc(N(c2ccc(-c3ccc4c5ccccc5c5ccccc5c4c3)cc2)c2ccc(-c3ccc(-c4ccc5sc6ccccc6c5c4)c4ccccc34)cc2)cc1C. The van der Waals surface area contributed by atoms with Gasteiger partial charge in [0.1, 0.15) is 0 Å². The van der Waals surface area contributed by atoms with Gasteiger partial charge in [-0.25, -0.2) is 0 Å². The van der Waals surface area contributed by atoms with E-state index in [1.165, 1.54) is 119 Å². The van der Waals surface area contributed by atoms with Crippen molar-refractivity contribution in [2.45, 2.75) is 13.8 Å². The van der Waals surface area contributed by atoms with E-state index < -0.39 is 0 Å². The summed E-state index contributed by atoms with van der Waals surface area (Å²) in [4.78, 5) is 4.74. The van der Waals surface area contributed by atoms with E-state index in [9.17, 15) is 0 Å². The maximum absolute atomic E-state index is 2.41. The van der Waals surface area contributed by atoms with Gasteiger partial charge in [0.05, 0.1) is 0 Å². The normalized spacial score (nSPS) is 11.6. The van der Waals surface area contributed by atoms with Gasteiger partial charge in [-0.3, -0.25) is 0 Å². The molecule has 0 aliphatic heterocycles. The molecule has 2 nitrogen and oxygen atoms in total. The van der Waals surface area contributed by atoms with Crippen LogP contribution >= 0.6 is 11.3 Å². The van der Waals surface area contributed by atoms with Crippen molar-refractivity contribution in [3.05, 3.63) is 302 Å². The fourth-order valence-electron chi connectivity index (χ4n) is 12.6. The van der Waals surface area contributed by atoms with Crippen LogP contribution in [-0.4, -0.2) is 0 Å². The summed E-state index contributed by atoms with van der Waals surface area (Å²) in [6.07, 6.45) is 0. The Morgan fingerprint density at radius 1 is 0.210 bits per heavy atom. The van der Waals surface area contributed by atoms with Gasteiger partial charge in [0.2, 0.25) is 0 Å². The average molecular weight is 1050 g/mol. The molecular formula is C78H54N2S. The maximum atomic E-state index is 2.41. The number of thiophene rings is 1. The summed E-state index contributed by atoms with van der Waals surface area (Å²) >= 11 is 1.86. The molecule has 0 N–H and O–H groups in total. The van der Waals surface area contributed by atoms with Crippen LogP contribution in [0.15, 0.2) is 291 Å². The van der Waals surface area contributed by atoms with Gasteiger partial charge in [0.15, 0.2) is 0 Å². The van der Waals surface area contributed by atoms with Gasteiger partial charge in [-0.1, -0.05) is 194 Å². The number of aryl methyl sites for hydroxylation is 2. The van der Waals surface area contributed by atoms with E-state index in [1.807, 2.05) is 11.3 Å². The smallest absolute Gasteiger partial charge is 0.0464 e. The van der Waals surface area contributed by atoms with Crippen LogP contribution in [-0.2, 0) is 0 Å². The lowest BCUT2D eigenvalue weighted by atomic mass is 9.91. The highest BCUT2D eigenvalue weighted by Gasteiger charge is 2.20. The van der Waals surface area contributed by atoms with Crippen LogP contribution in [0.5, 0.6) is 0 Å². The minimum Gasteiger partial charge on any atom is -0.310 e. The molecule has 0 fully saturated rings. The van der Waals surface area contributed by atoms with Gasteiger partial charge < -0.3 is 9.80 Å². The molecular weight excluding hydrogens is 997 g/mol. The topological polar surface area (TPSA) is 6.48 Å². The van der Waals surface area contributed by atoms with Crippen molar-refractivity contribution < 1.29 is 0 Å². The molecule has 3 heteroatoms. The summed E-state index contributed by atoms with van der Waals surface area (Å²) < 4.78 is 2.65. The number of hydrogen-bond donors (Lipinski definition) is 0. The first-order valence-corrected chi connectivity index (χ1v) is 28.7. The van der Waals surface area contributed by atoms with Crippen molar-refractivity contribution in [2.24, 2.45) is 0 Å². The average Bonchev–Trinajstić information content (AvgIpc) is 4.04. The highest BCUT2D eigenvalue weighted by molar-refractivity contribution is 7.25. The molecule has 0 unspecified atom stereocenters. The monoisotopic (exact) mass is 1050 g/mol. The number of fused-ring (bicyclic) bond motifs is 10. The highest BCUT2D eigenvalue weighted by Crippen LogP contribution is 2.45. The third-order valence-corrected chi connectivity index (χ3v) is 17.7. The number of anilines is 6. The lowest BCUT2D eigenvalue weighted by Gasteiger charge is -2.27. The molecule has 1 heterocycles. The minimum absolute atomic E-state index is 1.09. The van der Waals surface area contributed by atoms with Gasteiger partial charge in [-0.2, -0.15) is 0 Å². The number of para-hydroxylation sites is 2. The van der Waals surface area contributed by atoms with Crippen molar-refractivity contribution in [1.29, 1.82) is 0 Å². The van der Waals surface area contributed by atoms with E-state index in [4.69, 9.17) is 0 Å².